The Morgan fingerprint density at radius 2 is 2.23 bits per heavy atom. The van der Waals surface area contributed by atoms with Gasteiger partial charge in [-0.3, -0.25) is 9.69 Å². The van der Waals surface area contributed by atoms with Gasteiger partial charge in [-0.25, -0.2) is 0 Å². The third kappa shape index (κ3) is 3.74. The van der Waals surface area contributed by atoms with Crippen LogP contribution in [0.1, 0.15) is 19.3 Å². The van der Waals surface area contributed by atoms with Gasteiger partial charge in [0.15, 0.2) is 0 Å². The van der Waals surface area contributed by atoms with Gasteiger partial charge in [-0.15, -0.1) is 0 Å². The molecule has 1 atom stereocenters. The zero-order chi connectivity index (χ0) is 9.68. The lowest BCUT2D eigenvalue weighted by Crippen LogP contribution is -2.37. The zero-order valence-electron chi connectivity index (χ0n) is 8.04. The van der Waals surface area contributed by atoms with Crippen LogP contribution in [0.3, 0.4) is 0 Å². The molecule has 1 heterocycles. The first kappa shape index (κ1) is 10.5. The van der Waals surface area contributed by atoms with Crippen LogP contribution in [-0.2, 0) is 4.79 Å². The highest BCUT2D eigenvalue weighted by atomic mass is 16.1. The van der Waals surface area contributed by atoms with Crippen LogP contribution in [0.4, 0.5) is 0 Å². The van der Waals surface area contributed by atoms with Crippen molar-refractivity contribution < 1.29 is 4.79 Å². The average molecular weight is 185 g/mol. The second-order valence-electron chi connectivity index (χ2n) is 3.80. The number of carbonyl (C=O) groups excluding carboxylic acids is 1. The molecule has 0 saturated carbocycles. The Morgan fingerprint density at radius 1 is 1.46 bits per heavy atom. The molecule has 0 aromatic rings. The van der Waals surface area contributed by atoms with E-state index in [4.69, 9.17) is 11.5 Å². The quantitative estimate of drug-likeness (QED) is 0.624. The van der Waals surface area contributed by atoms with E-state index in [1.807, 2.05) is 0 Å². The van der Waals surface area contributed by atoms with Crippen LogP contribution in [0.15, 0.2) is 0 Å². The van der Waals surface area contributed by atoms with E-state index in [2.05, 4.69) is 4.90 Å². The minimum atomic E-state index is -0.238. The fourth-order valence-corrected chi connectivity index (χ4v) is 1.87. The van der Waals surface area contributed by atoms with Crippen molar-refractivity contribution in [2.45, 2.75) is 19.3 Å². The van der Waals surface area contributed by atoms with Crippen molar-refractivity contribution in [3.8, 4) is 0 Å². The van der Waals surface area contributed by atoms with E-state index < -0.39 is 0 Å². The molecule has 1 amide bonds. The van der Waals surface area contributed by atoms with Gasteiger partial charge in [0, 0.05) is 6.54 Å². The van der Waals surface area contributed by atoms with Gasteiger partial charge in [-0.05, 0) is 31.8 Å². The molecule has 0 radical (unpaired) electrons. The Kier molecular flexibility index (Phi) is 4.18. The van der Waals surface area contributed by atoms with Crippen LogP contribution < -0.4 is 11.5 Å². The third-order valence-corrected chi connectivity index (χ3v) is 2.57. The standard InChI is InChI=1S/C9H19N3O/c10-5-8-3-1-2-4-12(6-8)7-9(11)13/h8H,1-7,10H2,(H2,11,13). The van der Waals surface area contributed by atoms with Crippen LogP contribution >= 0.6 is 0 Å². The highest BCUT2D eigenvalue weighted by Gasteiger charge is 2.17. The maximum Gasteiger partial charge on any atom is 0.231 e. The van der Waals surface area contributed by atoms with E-state index >= 15 is 0 Å². The second kappa shape index (κ2) is 5.19. The van der Waals surface area contributed by atoms with Gasteiger partial charge in [-0.1, -0.05) is 6.42 Å². The number of hydrogen-bond donors (Lipinski definition) is 2. The second-order valence-corrected chi connectivity index (χ2v) is 3.80. The molecule has 1 aliphatic rings. The van der Waals surface area contributed by atoms with Gasteiger partial charge in [0.25, 0.3) is 0 Å². The van der Waals surface area contributed by atoms with Gasteiger partial charge < -0.3 is 11.5 Å². The average Bonchev–Trinajstić information content (AvgIpc) is 2.28. The molecule has 0 aromatic carbocycles. The number of primary amides is 1. The summed E-state index contributed by atoms with van der Waals surface area (Å²) in [6, 6.07) is 0. The lowest BCUT2D eigenvalue weighted by atomic mass is 10.0. The Morgan fingerprint density at radius 3 is 2.85 bits per heavy atom. The normalized spacial score (nSPS) is 25.5. The number of rotatable bonds is 3. The maximum absolute atomic E-state index is 10.7. The molecule has 1 fully saturated rings. The summed E-state index contributed by atoms with van der Waals surface area (Å²) in [5.74, 6) is 0.305. The lowest BCUT2D eigenvalue weighted by molar-refractivity contribution is -0.119. The molecule has 4 N–H and O–H groups in total. The van der Waals surface area contributed by atoms with Crippen molar-refractivity contribution in [3.05, 3.63) is 0 Å². The van der Waals surface area contributed by atoms with E-state index in [0.717, 1.165) is 26.1 Å². The lowest BCUT2D eigenvalue weighted by Gasteiger charge is -2.21. The highest BCUT2D eigenvalue weighted by molar-refractivity contribution is 5.75. The summed E-state index contributed by atoms with van der Waals surface area (Å²) in [6.45, 7) is 3.02. The molecule has 4 heteroatoms. The Bertz CT molecular complexity index is 172. The minimum Gasteiger partial charge on any atom is -0.369 e. The van der Waals surface area contributed by atoms with Crippen molar-refractivity contribution in [3.63, 3.8) is 0 Å². The van der Waals surface area contributed by atoms with Crippen LogP contribution in [0.2, 0.25) is 0 Å². The predicted molar refractivity (Wildman–Crippen MR) is 52.0 cm³/mol. The molecule has 0 bridgehead atoms. The fraction of sp³-hybridized carbons (Fsp3) is 0.889. The molecule has 76 valence electrons. The van der Waals surface area contributed by atoms with Crippen molar-refractivity contribution >= 4 is 5.91 Å². The zero-order valence-corrected chi connectivity index (χ0v) is 8.04. The van der Waals surface area contributed by atoms with E-state index in [1.54, 1.807) is 0 Å². The molecule has 0 spiro atoms. The maximum atomic E-state index is 10.7. The van der Waals surface area contributed by atoms with Crippen molar-refractivity contribution in [1.82, 2.24) is 4.90 Å². The molecule has 4 nitrogen and oxygen atoms in total. The summed E-state index contributed by atoms with van der Waals surface area (Å²) in [4.78, 5) is 12.8. The first-order valence-corrected chi connectivity index (χ1v) is 4.93. The Hall–Kier alpha value is -0.610. The van der Waals surface area contributed by atoms with E-state index in [0.29, 0.717) is 12.5 Å². The van der Waals surface area contributed by atoms with Crippen LogP contribution in [0, 0.1) is 5.92 Å². The Labute approximate surface area is 79.3 Å². The summed E-state index contributed by atoms with van der Waals surface area (Å²) in [5.41, 5.74) is 10.8. The van der Waals surface area contributed by atoms with Crippen LogP contribution in [-0.4, -0.2) is 37.0 Å². The first-order chi connectivity index (χ1) is 6.22. The largest absolute Gasteiger partial charge is 0.369 e. The highest BCUT2D eigenvalue weighted by Crippen LogP contribution is 2.14. The number of amides is 1. The van der Waals surface area contributed by atoms with Gasteiger partial charge in [0.1, 0.15) is 0 Å². The van der Waals surface area contributed by atoms with Crippen LogP contribution in [0.25, 0.3) is 0 Å². The minimum absolute atomic E-state index is 0.238. The van der Waals surface area contributed by atoms with Crippen molar-refractivity contribution in [2.75, 3.05) is 26.2 Å². The molecule has 13 heavy (non-hydrogen) atoms. The topological polar surface area (TPSA) is 72.3 Å². The Balaban J connectivity index is 2.39. The number of nitrogens with two attached hydrogens (primary N) is 2. The monoisotopic (exact) mass is 185 g/mol. The number of likely N-dealkylation sites (tertiary alicyclic amines) is 1. The van der Waals surface area contributed by atoms with Crippen molar-refractivity contribution in [1.29, 1.82) is 0 Å². The molecular formula is C9H19N3O. The smallest absolute Gasteiger partial charge is 0.231 e. The number of carbonyl (C=O) groups is 1. The molecule has 1 aliphatic heterocycles. The first-order valence-electron chi connectivity index (χ1n) is 4.93. The van der Waals surface area contributed by atoms with Gasteiger partial charge in [0.2, 0.25) is 5.91 Å². The van der Waals surface area contributed by atoms with E-state index in [9.17, 15) is 4.79 Å². The number of nitrogens with zero attached hydrogens (tertiary/aromatic N) is 1. The summed E-state index contributed by atoms with van der Waals surface area (Å²) in [5, 5.41) is 0. The SMILES string of the molecule is NCC1CCCCN(CC(N)=O)C1. The van der Waals surface area contributed by atoms with Gasteiger partial charge >= 0.3 is 0 Å². The molecule has 0 aliphatic carbocycles. The molecule has 1 saturated heterocycles. The van der Waals surface area contributed by atoms with E-state index in [-0.39, 0.29) is 5.91 Å². The number of hydrogen-bond acceptors (Lipinski definition) is 3. The summed E-state index contributed by atoms with van der Waals surface area (Å²) in [7, 11) is 0. The van der Waals surface area contributed by atoms with E-state index in [1.165, 1.54) is 12.8 Å². The third-order valence-electron chi connectivity index (χ3n) is 2.57. The summed E-state index contributed by atoms with van der Waals surface area (Å²) < 4.78 is 0. The molecule has 1 unspecified atom stereocenters. The summed E-state index contributed by atoms with van der Waals surface area (Å²) >= 11 is 0. The van der Waals surface area contributed by atoms with Crippen molar-refractivity contribution in [2.24, 2.45) is 17.4 Å². The molecule has 1 rings (SSSR count). The fourth-order valence-electron chi connectivity index (χ4n) is 1.87. The molecule has 0 aromatic heterocycles. The van der Waals surface area contributed by atoms with Gasteiger partial charge in [0.05, 0.1) is 6.54 Å². The van der Waals surface area contributed by atoms with Gasteiger partial charge in [-0.2, -0.15) is 0 Å². The molecular weight excluding hydrogens is 166 g/mol. The summed E-state index contributed by atoms with van der Waals surface area (Å²) in [6.07, 6.45) is 3.56. The van der Waals surface area contributed by atoms with Crippen LogP contribution in [0.5, 0.6) is 0 Å². The predicted octanol–water partition coefficient (Wildman–Crippen LogP) is -0.467.